The third-order valence-corrected chi connectivity index (χ3v) is 6.98. The molecule has 0 atom stereocenters. The summed E-state index contributed by atoms with van der Waals surface area (Å²) in [7, 11) is -0.705. The van der Waals surface area contributed by atoms with Crippen LogP contribution in [0.25, 0.3) is 0 Å². The van der Waals surface area contributed by atoms with Gasteiger partial charge in [-0.1, -0.05) is 52.8 Å². The average molecular weight is 522 g/mol. The number of nitrogens with zero attached hydrogens (tertiary/aromatic N) is 1. The van der Waals surface area contributed by atoms with E-state index in [4.69, 9.17) is 15.0 Å². The van der Waals surface area contributed by atoms with Gasteiger partial charge in [0.2, 0.25) is 0 Å². The van der Waals surface area contributed by atoms with Gasteiger partial charge in [0.05, 0.1) is 22.6 Å². The molecule has 1 aliphatic heterocycles. The maximum Gasteiger partial charge on any atom is 0.494 e. The van der Waals surface area contributed by atoms with Crippen molar-refractivity contribution in [1.82, 2.24) is 5.32 Å². The van der Waals surface area contributed by atoms with E-state index >= 15 is 0 Å². The first kappa shape index (κ1) is 29.4. The second-order valence-corrected chi connectivity index (χ2v) is 12.0. The van der Waals surface area contributed by atoms with Crippen molar-refractivity contribution in [3.05, 3.63) is 65.6 Å². The van der Waals surface area contributed by atoms with Crippen LogP contribution in [0.4, 0.5) is 20.6 Å². The number of urea groups is 1. The Hall–Kier alpha value is -3.17. The summed E-state index contributed by atoms with van der Waals surface area (Å²) in [5, 5.41) is 5.26. The van der Waals surface area contributed by atoms with Crippen molar-refractivity contribution in [1.29, 1.82) is 0 Å². The average Bonchev–Trinajstić information content (AvgIpc) is 3.01. The minimum Gasteiger partial charge on any atom is -0.401 e. The van der Waals surface area contributed by atoms with Crippen molar-refractivity contribution in [2.45, 2.75) is 79.4 Å². The molecule has 7 nitrogen and oxygen atoms in total. The zero-order chi connectivity index (χ0) is 28.5. The van der Waals surface area contributed by atoms with Crippen molar-refractivity contribution in [3.63, 3.8) is 0 Å². The Bertz CT molecular complexity index is 1220. The molecule has 0 spiro atoms. The molecular formula is C29H40BFN4O3. The van der Waals surface area contributed by atoms with Crippen LogP contribution in [-0.2, 0) is 9.31 Å². The Kier molecular flexibility index (Phi) is 8.44. The number of nitrogens with two attached hydrogens (primary N) is 1. The highest BCUT2D eigenvalue weighted by molar-refractivity contribution is 6.62. The summed E-state index contributed by atoms with van der Waals surface area (Å²) in [5.74, 6) is 0.0141. The van der Waals surface area contributed by atoms with Gasteiger partial charge in [0, 0.05) is 17.2 Å². The molecule has 0 radical (unpaired) electrons. The number of halogens is 1. The lowest BCUT2D eigenvalue weighted by Crippen LogP contribution is -2.41. The minimum absolute atomic E-state index is 0.0103. The van der Waals surface area contributed by atoms with Crippen LogP contribution >= 0.6 is 0 Å². The molecule has 4 N–H and O–H groups in total. The van der Waals surface area contributed by atoms with Crippen LogP contribution in [0.1, 0.15) is 73.8 Å². The predicted octanol–water partition coefficient (Wildman–Crippen LogP) is 5.99. The van der Waals surface area contributed by atoms with Gasteiger partial charge in [-0.05, 0) is 68.9 Å². The van der Waals surface area contributed by atoms with Crippen LogP contribution in [0, 0.1) is 11.2 Å². The lowest BCUT2D eigenvalue weighted by Gasteiger charge is -2.32. The van der Waals surface area contributed by atoms with Crippen molar-refractivity contribution in [3.8, 4) is 0 Å². The molecule has 1 aliphatic rings. The lowest BCUT2D eigenvalue weighted by molar-refractivity contribution is 0.00578. The highest BCUT2D eigenvalue weighted by Crippen LogP contribution is 2.36. The molecule has 9 heteroatoms. The normalized spacial score (nSPS) is 17.6. The van der Waals surface area contributed by atoms with E-state index in [-0.39, 0.29) is 16.9 Å². The van der Waals surface area contributed by atoms with Gasteiger partial charge < -0.3 is 20.4 Å². The molecular weight excluding hydrogens is 482 g/mol. The highest BCUT2D eigenvalue weighted by atomic mass is 19.1. The van der Waals surface area contributed by atoms with Crippen LogP contribution in [0.15, 0.2) is 59.2 Å². The summed E-state index contributed by atoms with van der Waals surface area (Å²) in [5.41, 5.74) is 7.74. The van der Waals surface area contributed by atoms with Gasteiger partial charge in [-0.25, -0.2) is 14.2 Å². The first-order chi connectivity index (χ1) is 17.5. The fraction of sp³-hybridized carbons (Fsp3) is 0.448. The van der Waals surface area contributed by atoms with E-state index in [0.29, 0.717) is 22.8 Å². The Balaban J connectivity index is 1.79. The SMILES string of the molecule is CC(C)c1ccc(N=C(C=C(N)C(C)(C)C)NC(=O)Nc2ccc(B3OC(C)(C)C(C)(C)O3)cc2F)cc1. The predicted molar refractivity (Wildman–Crippen MR) is 154 cm³/mol. The fourth-order valence-electron chi connectivity index (χ4n) is 3.56. The fourth-order valence-corrected chi connectivity index (χ4v) is 3.56. The number of amidine groups is 1. The quantitative estimate of drug-likeness (QED) is 0.255. The number of anilines is 1. The molecule has 38 heavy (non-hydrogen) atoms. The van der Waals surface area contributed by atoms with Gasteiger partial charge in [-0.3, -0.25) is 5.32 Å². The van der Waals surface area contributed by atoms with E-state index in [1.54, 1.807) is 12.1 Å². The number of carbonyl (C=O) groups excluding carboxylic acids is 1. The molecule has 1 fully saturated rings. The number of rotatable bonds is 5. The number of aliphatic imine (C=N–C) groups is 1. The minimum atomic E-state index is -0.705. The molecule has 0 unspecified atom stereocenters. The van der Waals surface area contributed by atoms with E-state index < -0.39 is 30.2 Å². The summed E-state index contributed by atoms with van der Waals surface area (Å²) >= 11 is 0. The Morgan fingerprint density at radius 3 is 2.13 bits per heavy atom. The summed E-state index contributed by atoms with van der Waals surface area (Å²) in [6.07, 6.45) is 1.62. The van der Waals surface area contributed by atoms with E-state index in [9.17, 15) is 9.18 Å². The molecule has 2 aromatic rings. The second-order valence-electron chi connectivity index (χ2n) is 12.0. The first-order valence-corrected chi connectivity index (χ1v) is 12.9. The van der Waals surface area contributed by atoms with Crippen LogP contribution in [0.5, 0.6) is 0 Å². The number of amides is 2. The van der Waals surface area contributed by atoms with Crippen molar-refractivity contribution < 1.29 is 18.5 Å². The molecule has 2 aromatic carbocycles. The molecule has 1 saturated heterocycles. The maximum atomic E-state index is 15.0. The topological polar surface area (TPSA) is 98.0 Å². The standard InChI is InChI=1S/C29H40BFN4O3/c1-18(2)19-10-13-21(14-11-19)33-25(17-24(32)27(3,4)5)35-26(36)34-23-15-12-20(16-22(23)31)30-37-28(6,7)29(8,9)38-30/h10-18H,32H2,1-9H3,(H2,33,34,35,36). The number of hydrogen-bond donors (Lipinski definition) is 3. The monoisotopic (exact) mass is 522 g/mol. The Labute approximate surface area is 226 Å². The number of allylic oxidation sites excluding steroid dienone is 1. The Morgan fingerprint density at radius 2 is 1.63 bits per heavy atom. The zero-order valence-corrected chi connectivity index (χ0v) is 23.9. The van der Waals surface area contributed by atoms with Crippen LogP contribution in [-0.4, -0.2) is 30.2 Å². The zero-order valence-electron chi connectivity index (χ0n) is 23.9. The van der Waals surface area contributed by atoms with Gasteiger partial charge in [-0.2, -0.15) is 0 Å². The number of hydrogen-bond acceptors (Lipinski definition) is 5. The molecule has 2 amide bonds. The lowest BCUT2D eigenvalue weighted by atomic mass is 9.79. The molecule has 0 bridgehead atoms. The Morgan fingerprint density at radius 1 is 1.05 bits per heavy atom. The summed E-state index contributed by atoms with van der Waals surface area (Å²) in [6, 6.07) is 11.6. The molecule has 0 saturated carbocycles. The van der Waals surface area contributed by atoms with E-state index in [0.717, 1.165) is 0 Å². The van der Waals surface area contributed by atoms with E-state index in [1.165, 1.54) is 17.7 Å². The van der Waals surface area contributed by atoms with Crippen molar-refractivity contribution >= 4 is 35.8 Å². The maximum absolute atomic E-state index is 15.0. The number of carbonyl (C=O) groups is 1. The van der Waals surface area contributed by atoms with Crippen LogP contribution < -0.4 is 21.8 Å². The van der Waals surface area contributed by atoms with Gasteiger partial charge in [0.1, 0.15) is 11.7 Å². The van der Waals surface area contributed by atoms with Gasteiger partial charge in [0.15, 0.2) is 0 Å². The largest absolute Gasteiger partial charge is 0.494 e. The van der Waals surface area contributed by atoms with Crippen LogP contribution in [0.2, 0.25) is 0 Å². The van der Waals surface area contributed by atoms with Gasteiger partial charge >= 0.3 is 13.1 Å². The third-order valence-electron chi connectivity index (χ3n) is 6.98. The molecule has 0 aliphatic carbocycles. The van der Waals surface area contributed by atoms with Crippen molar-refractivity contribution in [2.24, 2.45) is 16.1 Å². The molecule has 0 aromatic heterocycles. The van der Waals surface area contributed by atoms with E-state index in [1.807, 2.05) is 72.7 Å². The highest BCUT2D eigenvalue weighted by Gasteiger charge is 2.51. The summed E-state index contributed by atoms with van der Waals surface area (Å²) in [6.45, 7) is 17.8. The van der Waals surface area contributed by atoms with Crippen LogP contribution in [0.3, 0.4) is 0 Å². The molecule has 204 valence electrons. The number of nitrogens with one attached hydrogen (secondary N) is 2. The van der Waals surface area contributed by atoms with Gasteiger partial charge in [0.25, 0.3) is 0 Å². The van der Waals surface area contributed by atoms with Crippen molar-refractivity contribution in [2.75, 3.05) is 5.32 Å². The first-order valence-electron chi connectivity index (χ1n) is 12.9. The third kappa shape index (κ3) is 7.02. The molecule has 1 heterocycles. The summed E-state index contributed by atoms with van der Waals surface area (Å²) < 4.78 is 27.0. The molecule has 3 rings (SSSR count). The van der Waals surface area contributed by atoms with Gasteiger partial charge in [-0.15, -0.1) is 0 Å². The smallest absolute Gasteiger partial charge is 0.401 e. The van der Waals surface area contributed by atoms with E-state index in [2.05, 4.69) is 29.5 Å². The summed E-state index contributed by atoms with van der Waals surface area (Å²) in [4.78, 5) is 17.4. The number of benzene rings is 2. The second kappa shape index (κ2) is 10.9.